The molecule has 1 heteroatoms. The maximum absolute atomic E-state index is 2.60. The van der Waals surface area contributed by atoms with Gasteiger partial charge in [-0.1, -0.05) is 94.9 Å². The van der Waals surface area contributed by atoms with Crippen LogP contribution in [0.5, 0.6) is 0 Å². The van der Waals surface area contributed by atoms with Crippen molar-refractivity contribution in [1.82, 2.24) is 4.90 Å². The van der Waals surface area contributed by atoms with Crippen LogP contribution in [0.2, 0.25) is 0 Å². The van der Waals surface area contributed by atoms with Gasteiger partial charge in [0.05, 0.1) is 0 Å². The van der Waals surface area contributed by atoms with Gasteiger partial charge in [-0.2, -0.15) is 0 Å². The second-order valence-corrected chi connectivity index (χ2v) is 10.9. The Bertz CT molecular complexity index is 375. The normalized spacial score (nSPS) is 19.8. The molecule has 0 aromatic rings. The van der Waals surface area contributed by atoms with Gasteiger partial charge in [0.15, 0.2) is 0 Å². The smallest absolute Gasteiger partial charge is 0.00971 e. The fraction of sp³-hybridized carbons (Fsp3) is 1.00. The molecule has 0 spiro atoms. The van der Waals surface area contributed by atoms with E-state index in [1.54, 1.807) is 0 Å². The summed E-state index contributed by atoms with van der Waals surface area (Å²) in [6, 6.07) is 0.757. The highest BCUT2D eigenvalue weighted by atomic mass is 15.1. The lowest BCUT2D eigenvalue weighted by Crippen LogP contribution is -2.34. The standard InChI is InChI=1S/C28H59N/c1-12-21(6)19-28(29(11)16-5)20-23(8)17-22(7)18-27(15-4)25(10)24(9)26(13-2)14-3/h21-28H,12-20H2,1-11H3. The molecule has 0 radical (unpaired) electrons. The minimum absolute atomic E-state index is 0.757. The van der Waals surface area contributed by atoms with Crippen molar-refractivity contribution in [2.24, 2.45) is 41.4 Å². The Morgan fingerprint density at radius 2 is 0.966 bits per heavy atom. The molecule has 1 nitrogen and oxygen atoms in total. The predicted molar refractivity (Wildman–Crippen MR) is 135 cm³/mol. The van der Waals surface area contributed by atoms with Gasteiger partial charge in [-0.3, -0.25) is 0 Å². The van der Waals surface area contributed by atoms with E-state index in [2.05, 4.69) is 81.2 Å². The van der Waals surface area contributed by atoms with E-state index in [1.165, 1.54) is 57.9 Å². The topological polar surface area (TPSA) is 3.24 Å². The van der Waals surface area contributed by atoms with Crippen LogP contribution in [0.1, 0.15) is 121 Å². The minimum atomic E-state index is 0.757. The van der Waals surface area contributed by atoms with Crippen LogP contribution in [0.25, 0.3) is 0 Å². The monoisotopic (exact) mass is 409 g/mol. The van der Waals surface area contributed by atoms with E-state index in [9.17, 15) is 0 Å². The van der Waals surface area contributed by atoms with Crippen molar-refractivity contribution in [3.63, 3.8) is 0 Å². The van der Waals surface area contributed by atoms with E-state index in [0.717, 1.165) is 47.5 Å². The number of hydrogen-bond acceptors (Lipinski definition) is 1. The zero-order valence-corrected chi connectivity index (χ0v) is 22.4. The fourth-order valence-corrected chi connectivity index (χ4v) is 5.85. The first-order chi connectivity index (χ1) is 13.6. The lowest BCUT2D eigenvalue weighted by atomic mass is 9.71. The van der Waals surface area contributed by atoms with Crippen LogP contribution >= 0.6 is 0 Å². The lowest BCUT2D eigenvalue weighted by Gasteiger charge is -2.35. The van der Waals surface area contributed by atoms with Gasteiger partial charge in [0.25, 0.3) is 0 Å². The summed E-state index contributed by atoms with van der Waals surface area (Å²) in [4.78, 5) is 2.60. The van der Waals surface area contributed by atoms with Crippen molar-refractivity contribution in [2.75, 3.05) is 13.6 Å². The first kappa shape index (κ1) is 29.0. The van der Waals surface area contributed by atoms with E-state index in [0.29, 0.717) is 0 Å². The van der Waals surface area contributed by atoms with Crippen LogP contribution in [-0.2, 0) is 0 Å². The van der Waals surface area contributed by atoms with Gasteiger partial charge in [-0.05, 0) is 80.7 Å². The molecule has 0 saturated carbocycles. The van der Waals surface area contributed by atoms with Crippen molar-refractivity contribution < 1.29 is 0 Å². The average molecular weight is 410 g/mol. The summed E-state index contributed by atoms with van der Waals surface area (Å²) >= 11 is 0. The third kappa shape index (κ3) is 10.7. The molecule has 0 aliphatic heterocycles. The molecule has 29 heavy (non-hydrogen) atoms. The van der Waals surface area contributed by atoms with Crippen molar-refractivity contribution in [2.45, 2.75) is 127 Å². The van der Waals surface area contributed by atoms with Gasteiger partial charge in [0.1, 0.15) is 0 Å². The van der Waals surface area contributed by atoms with Crippen molar-refractivity contribution in [1.29, 1.82) is 0 Å². The first-order valence-corrected chi connectivity index (χ1v) is 13.3. The van der Waals surface area contributed by atoms with Crippen molar-refractivity contribution in [3.8, 4) is 0 Å². The fourth-order valence-electron chi connectivity index (χ4n) is 5.85. The molecule has 0 fully saturated rings. The van der Waals surface area contributed by atoms with E-state index in [1.807, 2.05) is 0 Å². The zero-order chi connectivity index (χ0) is 22.6. The third-order valence-corrected chi connectivity index (χ3v) is 8.57. The summed E-state index contributed by atoms with van der Waals surface area (Å²) < 4.78 is 0. The third-order valence-electron chi connectivity index (χ3n) is 8.57. The maximum atomic E-state index is 2.60. The van der Waals surface area contributed by atoms with E-state index >= 15 is 0 Å². The molecule has 0 amide bonds. The first-order valence-electron chi connectivity index (χ1n) is 13.3. The van der Waals surface area contributed by atoms with Gasteiger partial charge in [-0.25, -0.2) is 0 Å². The number of nitrogens with zero attached hydrogens (tertiary/aromatic N) is 1. The summed E-state index contributed by atoms with van der Waals surface area (Å²) in [5, 5.41) is 0. The molecule has 0 aromatic heterocycles. The van der Waals surface area contributed by atoms with Crippen LogP contribution < -0.4 is 0 Å². The van der Waals surface area contributed by atoms with Crippen LogP contribution in [0.3, 0.4) is 0 Å². The van der Waals surface area contributed by atoms with Crippen LogP contribution in [0.15, 0.2) is 0 Å². The number of hydrogen-bond donors (Lipinski definition) is 0. The van der Waals surface area contributed by atoms with Gasteiger partial charge >= 0.3 is 0 Å². The van der Waals surface area contributed by atoms with Gasteiger partial charge in [0, 0.05) is 6.04 Å². The zero-order valence-electron chi connectivity index (χ0n) is 22.4. The van der Waals surface area contributed by atoms with E-state index in [-0.39, 0.29) is 0 Å². The molecular weight excluding hydrogens is 350 g/mol. The second kappa shape index (κ2) is 15.7. The van der Waals surface area contributed by atoms with E-state index in [4.69, 9.17) is 0 Å². The van der Waals surface area contributed by atoms with E-state index < -0.39 is 0 Å². The molecule has 0 bridgehead atoms. The van der Waals surface area contributed by atoms with Crippen LogP contribution in [0.4, 0.5) is 0 Å². The van der Waals surface area contributed by atoms with Gasteiger partial charge in [0.2, 0.25) is 0 Å². The molecule has 0 aliphatic rings. The van der Waals surface area contributed by atoms with Gasteiger partial charge in [-0.15, -0.1) is 0 Å². The molecular formula is C28H59N. The maximum Gasteiger partial charge on any atom is 0.00971 e. The Kier molecular flexibility index (Phi) is 15.7. The molecule has 0 aliphatic carbocycles. The van der Waals surface area contributed by atoms with Gasteiger partial charge < -0.3 is 4.90 Å². The lowest BCUT2D eigenvalue weighted by molar-refractivity contribution is 0.146. The SMILES string of the molecule is CCC(C)CC(CC(C)CC(C)CC(CC)C(C)C(C)C(CC)CC)N(C)CC. The molecule has 7 atom stereocenters. The molecule has 0 aromatic carbocycles. The molecule has 7 unspecified atom stereocenters. The second-order valence-electron chi connectivity index (χ2n) is 10.9. The Morgan fingerprint density at radius 3 is 1.41 bits per heavy atom. The van der Waals surface area contributed by atoms with Crippen molar-refractivity contribution >= 4 is 0 Å². The average Bonchev–Trinajstić information content (AvgIpc) is 2.70. The van der Waals surface area contributed by atoms with Crippen LogP contribution in [-0.4, -0.2) is 24.5 Å². The van der Waals surface area contributed by atoms with Crippen LogP contribution in [0, 0.1) is 41.4 Å². The molecule has 0 N–H and O–H groups in total. The largest absolute Gasteiger partial charge is 0.304 e. The predicted octanol–water partition coefficient (Wildman–Crippen LogP) is 8.92. The Balaban J connectivity index is 4.79. The summed E-state index contributed by atoms with van der Waals surface area (Å²) in [5.41, 5.74) is 0. The minimum Gasteiger partial charge on any atom is -0.304 e. The molecule has 0 heterocycles. The summed E-state index contributed by atoms with van der Waals surface area (Å²) in [7, 11) is 2.33. The quantitative estimate of drug-likeness (QED) is 0.232. The Morgan fingerprint density at radius 1 is 0.517 bits per heavy atom. The van der Waals surface area contributed by atoms with Crippen molar-refractivity contribution in [3.05, 3.63) is 0 Å². The molecule has 0 rings (SSSR count). The summed E-state index contributed by atoms with van der Waals surface area (Å²) in [6.45, 7) is 25.6. The summed E-state index contributed by atoms with van der Waals surface area (Å²) in [6.07, 6.45) is 10.9. The summed E-state index contributed by atoms with van der Waals surface area (Å²) in [5.74, 6) is 6.03. The highest BCUT2D eigenvalue weighted by Gasteiger charge is 2.28. The molecule has 176 valence electrons. The Labute approximate surface area is 186 Å². The highest BCUT2D eigenvalue weighted by Crippen LogP contribution is 2.36. The molecule has 0 saturated heterocycles. The Hall–Kier alpha value is -0.0400. The highest BCUT2D eigenvalue weighted by molar-refractivity contribution is 4.79. The number of rotatable bonds is 17.